The van der Waals surface area contributed by atoms with E-state index in [4.69, 9.17) is 28.7 Å². The first-order chi connectivity index (χ1) is 49.4. The third-order valence-electron chi connectivity index (χ3n) is 16.8. The molecule has 0 saturated heterocycles. The number of primary amides is 1. The Bertz CT molecular complexity index is 2900. The minimum atomic E-state index is -1.30. The van der Waals surface area contributed by atoms with Gasteiger partial charge in [0.25, 0.3) is 0 Å². The SMILES string of the molecule is CC(=O)N[C@@H](CCCCN)C(=O)N[C@H](C(=O)N[C@@H](CC(C)C)C(=O)NCC(=O)N[C@@H](C)C(=O)N[C@@H](CC(C)C)C(=O)N[C@H](C(=O)N[C@@H](CCCCN)C(=O)N[C@H](C(=O)N[C@@H](CC(C)C)C(=O)NCC(=O)N[C@@H](CCCN=C(N)N)C(=O)N[C@@H](CC(C)C)C(=O)N[C@H](C(N)=O)C(C)C)C(C)C)C(C)C)C(C)C. The summed E-state index contributed by atoms with van der Waals surface area (Å²) in [6.07, 6.45) is 2.87. The van der Waals surface area contributed by atoms with Crippen LogP contribution in [-0.4, -0.2) is 200 Å². The highest BCUT2D eigenvalue weighted by Crippen LogP contribution is 2.16. The maximum atomic E-state index is 14.4. The lowest BCUT2D eigenvalue weighted by molar-refractivity contribution is -0.136. The zero-order valence-electron chi connectivity index (χ0n) is 66.0. The molecule has 0 radical (unpaired) electrons. The van der Waals surface area contributed by atoms with Gasteiger partial charge in [-0.05, 0) is 144 Å². The van der Waals surface area contributed by atoms with Crippen LogP contribution in [0.3, 0.4) is 0 Å². The van der Waals surface area contributed by atoms with E-state index in [1.807, 2.05) is 27.7 Å². The number of nitrogens with zero attached hydrogens (tertiary/aromatic N) is 1. The smallest absolute Gasteiger partial charge is 0.243 e. The van der Waals surface area contributed by atoms with E-state index in [0.717, 1.165) is 0 Å². The van der Waals surface area contributed by atoms with Crippen LogP contribution in [0.15, 0.2) is 4.99 Å². The van der Waals surface area contributed by atoms with Crippen molar-refractivity contribution in [3.63, 3.8) is 0 Å². The van der Waals surface area contributed by atoms with Crippen molar-refractivity contribution in [3.8, 4) is 0 Å². The number of unbranched alkanes of at least 4 members (excludes halogenated alkanes) is 2. The van der Waals surface area contributed by atoms with Crippen LogP contribution < -0.4 is 103 Å². The van der Waals surface area contributed by atoms with Gasteiger partial charge in [0, 0.05) is 13.5 Å². The molecule has 0 aromatic heterocycles. The Hall–Kier alpha value is -8.76. The number of hydrogen-bond acceptors (Lipinski definition) is 18. The highest BCUT2D eigenvalue weighted by atomic mass is 16.2. The van der Waals surface area contributed by atoms with Gasteiger partial charge in [-0.2, -0.15) is 0 Å². The van der Waals surface area contributed by atoms with E-state index in [1.165, 1.54) is 13.8 Å². The van der Waals surface area contributed by atoms with Crippen LogP contribution in [0.1, 0.15) is 202 Å². The number of amides is 15. The molecule has 12 atom stereocenters. The van der Waals surface area contributed by atoms with Gasteiger partial charge >= 0.3 is 0 Å². The lowest BCUT2D eigenvalue weighted by Gasteiger charge is -2.30. The van der Waals surface area contributed by atoms with Gasteiger partial charge in [0.1, 0.15) is 72.5 Å². The fraction of sp³-hybridized carbons (Fsp3) is 0.775. The minimum Gasteiger partial charge on any atom is -0.370 e. The normalized spacial score (nSPS) is 14.8. The molecular weight excluding hydrogens is 1370 g/mol. The zero-order chi connectivity index (χ0) is 81.4. The largest absolute Gasteiger partial charge is 0.370 e. The monoisotopic (exact) mass is 1510 g/mol. The average molecular weight is 1510 g/mol. The fourth-order valence-corrected chi connectivity index (χ4v) is 11.1. The molecule has 15 amide bonds. The summed E-state index contributed by atoms with van der Waals surface area (Å²) in [5, 5.41) is 37.0. The Morgan fingerprint density at radius 2 is 0.585 bits per heavy atom. The molecule has 0 aliphatic heterocycles. The highest BCUT2D eigenvalue weighted by molar-refractivity contribution is 6.00. The van der Waals surface area contributed by atoms with Crippen LogP contribution >= 0.6 is 0 Å². The number of nitrogens with two attached hydrogens (primary N) is 5. The number of hydrogen-bond donors (Lipinski definition) is 19. The summed E-state index contributed by atoms with van der Waals surface area (Å²) in [4.78, 5) is 208. The number of guanidine groups is 1. The molecule has 0 bridgehead atoms. The Balaban J connectivity index is 6.48. The van der Waals surface area contributed by atoms with Crippen molar-refractivity contribution >= 4 is 94.6 Å². The van der Waals surface area contributed by atoms with Gasteiger partial charge in [0.15, 0.2) is 5.96 Å². The van der Waals surface area contributed by atoms with Crippen LogP contribution in [0, 0.1) is 47.3 Å². The molecule has 0 fully saturated rings. The summed E-state index contributed by atoms with van der Waals surface area (Å²) < 4.78 is 0. The molecule has 0 spiro atoms. The molecule has 0 aliphatic carbocycles. The van der Waals surface area contributed by atoms with Crippen molar-refractivity contribution in [2.24, 2.45) is 81.0 Å². The topological polar surface area (TPSA) is 567 Å². The van der Waals surface area contributed by atoms with E-state index in [9.17, 15) is 71.9 Å². The number of nitrogens with one attached hydrogen (secondary N) is 14. The van der Waals surface area contributed by atoms with Gasteiger partial charge in [0.05, 0.1) is 13.1 Å². The van der Waals surface area contributed by atoms with Crippen LogP contribution in [0.4, 0.5) is 0 Å². The molecule has 0 saturated carbocycles. The van der Waals surface area contributed by atoms with Crippen LogP contribution in [0.25, 0.3) is 0 Å². The Morgan fingerprint density at radius 3 is 0.915 bits per heavy atom. The molecule has 35 nitrogen and oxygen atoms in total. The fourth-order valence-electron chi connectivity index (χ4n) is 11.1. The lowest BCUT2D eigenvalue weighted by atomic mass is 9.98. The molecule has 0 unspecified atom stereocenters. The third-order valence-corrected chi connectivity index (χ3v) is 16.8. The first-order valence-electron chi connectivity index (χ1n) is 37.3. The predicted molar refractivity (Wildman–Crippen MR) is 403 cm³/mol. The molecule has 35 heteroatoms. The second kappa shape index (κ2) is 50.7. The summed E-state index contributed by atoms with van der Waals surface area (Å²) in [6, 6.07) is -14.3. The van der Waals surface area contributed by atoms with Crippen LogP contribution in [0.5, 0.6) is 0 Å². The Kier molecular flexibility index (Phi) is 46.5. The number of carbonyl (C=O) groups is 15. The Labute approximate surface area is 626 Å². The van der Waals surface area contributed by atoms with Crippen molar-refractivity contribution in [1.82, 2.24) is 74.4 Å². The second-order valence-electron chi connectivity index (χ2n) is 30.3. The minimum absolute atomic E-state index is 0.0161. The van der Waals surface area contributed by atoms with E-state index in [-0.39, 0.29) is 100 Å². The molecular formula is C71H132N20O15. The summed E-state index contributed by atoms with van der Waals surface area (Å²) >= 11 is 0. The van der Waals surface area contributed by atoms with E-state index in [2.05, 4.69) is 79.4 Å². The number of aliphatic imine (C=N–C) groups is 1. The van der Waals surface area contributed by atoms with Crippen molar-refractivity contribution in [2.45, 2.75) is 274 Å². The second-order valence-corrected chi connectivity index (χ2v) is 30.3. The van der Waals surface area contributed by atoms with Crippen LogP contribution in [-0.2, 0) is 71.9 Å². The van der Waals surface area contributed by atoms with Gasteiger partial charge in [-0.3, -0.25) is 76.9 Å². The van der Waals surface area contributed by atoms with Crippen molar-refractivity contribution in [3.05, 3.63) is 0 Å². The molecule has 24 N–H and O–H groups in total. The standard InChI is InChI=1S/C71H132N20O15/c1-36(2)30-49(86-69(105)57(42(13)14)89-64(100)46(81-45(18)92)24-19-21-27-72)61(97)78-34-53(93)80-44(17)60(96)84-51(32-38(5)6)67(103)91-56(41(11)12)68(104)83-48(25-20-22-28-73)65(101)90-58(43(15)16)70(106)87-50(31-37(3)4)62(98)79-35-54(94)82-47(26-23-29-77-71(75)76)63(99)85-52(33-39(7)8)66(102)88-55(40(9)10)59(74)95/h36-44,46-52,55-58H,19-35,72-73H2,1-18H3,(H2,74,95)(H,78,97)(H,79,98)(H,80,93)(H,81,92)(H,82,94)(H,83,104)(H,84,96)(H,85,99)(H,86,105)(H,87,106)(H,88,102)(H,89,100)(H,90,101)(H,91,103)(H4,75,76,77)/t44-,46-,47-,48-,49-,50-,51-,52-,55-,56-,57-,58-/m0/s1. The summed E-state index contributed by atoms with van der Waals surface area (Å²) in [5.41, 5.74) is 28.0. The number of carbonyl (C=O) groups excluding carboxylic acids is 15. The van der Waals surface area contributed by atoms with Crippen LogP contribution in [0.2, 0.25) is 0 Å². The molecule has 106 heavy (non-hydrogen) atoms. The Morgan fingerprint density at radius 1 is 0.302 bits per heavy atom. The van der Waals surface area contributed by atoms with E-state index in [1.54, 1.807) is 83.1 Å². The summed E-state index contributed by atoms with van der Waals surface area (Å²) in [5.74, 6) is -13.8. The van der Waals surface area contributed by atoms with E-state index >= 15 is 0 Å². The predicted octanol–water partition coefficient (Wildman–Crippen LogP) is -2.32. The van der Waals surface area contributed by atoms with Crippen molar-refractivity contribution < 1.29 is 71.9 Å². The molecule has 606 valence electrons. The van der Waals surface area contributed by atoms with Gasteiger partial charge in [-0.25, -0.2) is 0 Å². The maximum Gasteiger partial charge on any atom is 0.243 e. The first-order valence-corrected chi connectivity index (χ1v) is 37.3. The third kappa shape index (κ3) is 39.6. The van der Waals surface area contributed by atoms with Gasteiger partial charge < -0.3 is 103 Å². The summed E-state index contributed by atoms with van der Waals surface area (Å²) in [7, 11) is 0. The summed E-state index contributed by atoms with van der Waals surface area (Å²) in [6.45, 7) is 29.9. The number of rotatable bonds is 52. The van der Waals surface area contributed by atoms with E-state index < -0.39 is 192 Å². The molecule has 0 rings (SSSR count). The molecule has 0 aromatic carbocycles. The maximum absolute atomic E-state index is 14.4. The average Bonchev–Trinajstić information content (AvgIpc) is 0.806. The first kappa shape index (κ1) is 97.2. The lowest BCUT2D eigenvalue weighted by Crippen LogP contribution is -2.61. The molecule has 0 aliphatic rings. The van der Waals surface area contributed by atoms with Crippen molar-refractivity contribution in [1.29, 1.82) is 0 Å². The zero-order valence-corrected chi connectivity index (χ0v) is 66.0. The molecule has 0 heterocycles. The quantitative estimate of drug-likeness (QED) is 0.0173. The molecule has 0 aromatic rings. The van der Waals surface area contributed by atoms with Gasteiger partial charge in [0.2, 0.25) is 88.6 Å². The van der Waals surface area contributed by atoms with Gasteiger partial charge in [-0.1, -0.05) is 111 Å². The highest BCUT2D eigenvalue weighted by Gasteiger charge is 2.38. The van der Waals surface area contributed by atoms with E-state index in [0.29, 0.717) is 32.2 Å². The van der Waals surface area contributed by atoms with Gasteiger partial charge in [-0.15, -0.1) is 0 Å². The van der Waals surface area contributed by atoms with Crippen molar-refractivity contribution in [2.75, 3.05) is 32.7 Å².